The van der Waals surface area contributed by atoms with Gasteiger partial charge in [0, 0.05) is 17.2 Å². The number of nitrogen functional groups attached to an aromatic ring is 1. The van der Waals surface area contributed by atoms with Gasteiger partial charge in [0.05, 0.1) is 18.1 Å². The third-order valence-electron chi connectivity index (χ3n) is 4.34. The molecule has 0 saturated carbocycles. The van der Waals surface area contributed by atoms with Crippen LogP contribution in [0.2, 0.25) is 0 Å². The maximum atomic E-state index is 14.8. The summed E-state index contributed by atoms with van der Waals surface area (Å²) in [5.74, 6) is -0.330. The Bertz CT molecular complexity index is 1230. The second kappa shape index (κ2) is 8.02. The molecule has 5 nitrogen and oxygen atoms in total. The van der Waals surface area contributed by atoms with Gasteiger partial charge in [-0.25, -0.2) is 14.4 Å². The monoisotopic (exact) mass is 426 g/mol. The van der Waals surface area contributed by atoms with Gasteiger partial charge >= 0.3 is 6.18 Å². The Kier molecular flexibility index (Phi) is 5.24. The SMILES string of the molecule is Nc1cnc(-c2ccc(-c3ccccc3Oc3cccc(C(F)(F)F)n3)cc2F)cn1. The Hall–Kier alpha value is -4.01. The maximum Gasteiger partial charge on any atom is 0.433 e. The molecule has 0 amide bonds. The van der Waals surface area contributed by atoms with E-state index in [-0.39, 0.29) is 23.0 Å². The number of para-hydroxylation sites is 1. The molecule has 0 aliphatic carbocycles. The average Bonchev–Trinajstić information content (AvgIpc) is 2.74. The molecule has 0 radical (unpaired) electrons. The molecule has 4 aromatic rings. The van der Waals surface area contributed by atoms with Crippen LogP contribution in [0.5, 0.6) is 11.6 Å². The molecule has 2 heterocycles. The molecule has 2 aromatic carbocycles. The molecule has 0 saturated heterocycles. The first-order valence-corrected chi connectivity index (χ1v) is 9.00. The van der Waals surface area contributed by atoms with Crippen LogP contribution in [-0.4, -0.2) is 15.0 Å². The maximum absolute atomic E-state index is 14.8. The number of alkyl halides is 3. The lowest BCUT2D eigenvalue weighted by Crippen LogP contribution is -2.08. The quantitative estimate of drug-likeness (QED) is 0.422. The second-order valence-electron chi connectivity index (χ2n) is 6.48. The predicted molar refractivity (Wildman–Crippen MR) is 107 cm³/mol. The molecule has 156 valence electrons. The van der Waals surface area contributed by atoms with Crippen LogP contribution < -0.4 is 10.5 Å². The third-order valence-corrected chi connectivity index (χ3v) is 4.34. The van der Waals surface area contributed by atoms with Gasteiger partial charge < -0.3 is 10.5 Å². The molecule has 0 bridgehead atoms. The van der Waals surface area contributed by atoms with Crippen LogP contribution in [0.15, 0.2) is 73.1 Å². The van der Waals surface area contributed by atoms with Crippen molar-refractivity contribution in [3.05, 3.63) is 84.6 Å². The van der Waals surface area contributed by atoms with E-state index in [1.54, 1.807) is 30.3 Å². The van der Waals surface area contributed by atoms with Crippen LogP contribution in [0.1, 0.15) is 5.69 Å². The Labute approximate surface area is 174 Å². The fraction of sp³-hybridized carbons (Fsp3) is 0.0455. The number of aromatic nitrogens is 3. The summed E-state index contributed by atoms with van der Waals surface area (Å²) in [6.07, 6.45) is -1.90. The van der Waals surface area contributed by atoms with Crippen molar-refractivity contribution in [1.29, 1.82) is 0 Å². The lowest BCUT2D eigenvalue weighted by atomic mass is 10.0. The number of rotatable bonds is 4. The zero-order valence-electron chi connectivity index (χ0n) is 15.8. The first kappa shape index (κ1) is 20.3. The molecule has 0 atom stereocenters. The molecule has 0 aliphatic heterocycles. The van der Waals surface area contributed by atoms with E-state index in [0.29, 0.717) is 16.8 Å². The summed E-state index contributed by atoms with van der Waals surface area (Å²) in [5.41, 5.74) is 5.93. The lowest BCUT2D eigenvalue weighted by Gasteiger charge is -2.13. The van der Waals surface area contributed by atoms with Gasteiger partial charge in [0.15, 0.2) is 0 Å². The van der Waals surface area contributed by atoms with E-state index in [2.05, 4.69) is 15.0 Å². The number of pyridine rings is 1. The van der Waals surface area contributed by atoms with Crippen LogP contribution in [0, 0.1) is 5.82 Å². The van der Waals surface area contributed by atoms with E-state index in [9.17, 15) is 17.6 Å². The summed E-state index contributed by atoms with van der Waals surface area (Å²) in [7, 11) is 0. The van der Waals surface area contributed by atoms with Gasteiger partial charge in [0.2, 0.25) is 5.88 Å². The van der Waals surface area contributed by atoms with Crippen LogP contribution >= 0.6 is 0 Å². The number of halogens is 4. The number of anilines is 1. The van der Waals surface area contributed by atoms with Gasteiger partial charge in [-0.1, -0.05) is 30.3 Å². The largest absolute Gasteiger partial charge is 0.438 e. The molecule has 0 spiro atoms. The summed E-state index contributed by atoms with van der Waals surface area (Å²) >= 11 is 0. The summed E-state index contributed by atoms with van der Waals surface area (Å²) in [6.45, 7) is 0. The van der Waals surface area contributed by atoms with E-state index in [0.717, 1.165) is 6.07 Å². The van der Waals surface area contributed by atoms with E-state index in [4.69, 9.17) is 10.5 Å². The van der Waals surface area contributed by atoms with Gasteiger partial charge in [-0.2, -0.15) is 13.2 Å². The van der Waals surface area contributed by atoms with E-state index >= 15 is 0 Å². The van der Waals surface area contributed by atoms with Crippen molar-refractivity contribution in [3.8, 4) is 34.0 Å². The number of hydrogen-bond acceptors (Lipinski definition) is 5. The molecule has 0 unspecified atom stereocenters. The Morgan fingerprint density at radius 2 is 1.65 bits per heavy atom. The number of nitrogens with zero attached hydrogens (tertiary/aromatic N) is 3. The van der Waals surface area contributed by atoms with Crippen molar-refractivity contribution in [2.45, 2.75) is 6.18 Å². The van der Waals surface area contributed by atoms with Crippen LogP contribution in [0.25, 0.3) is 22.4 Å². The van der Waals surface area contributed by atoms with Crippen molar-refractivity contribution in [2.24, 2.45) is 0 Å². The Morgan fingerprint density at radius 3 is 2.35 bits per heavy atom. The molecule has 0 fully saturated rings. The minimum absolute atomic E-state index is 0.218. The Morgan fingerprint density at radius 1 is 0.839 bits per heavy atom. The number of hydrogen-bond donors (Lipinski definition) is 1. The van der Waals surface area contributed by atoms with Gasteiger partial charge in [-0.15, -0.1) is 0 Å². The van der Waals surface area contributed by atoms with Crippen LogP contribution in [0.4, 0.5) is 23.4 Å². The normalized spacial score (nSPS) is 11.4. The van der Waals surface area contributed by atoms with Crippen LogP contribution in [0.3, 0.4) is 0 Å². The summed E-state index contributed by atoms with van der Waals surface area (Å²) in [4.78, 5) is 11.5. The van der Waals surface area contributed by atoms with Crippen molar-refractivity contribution >= 4 is 5.82 Å². The highest BCUT2D eigenvalue weighted by molar-refractivity contribution is 5.74. The summed E-state index contributed by atoms with van der Waals surface area (Å²) < 4.78 is 59.1. The zero-order chi connectivity index (χ0) is 22.0. The molecule has 4 rings (SSSR count). The topological polar surface area (TPSA) is 73.9 Å². The highest BCUT2D eigenvalue weighted by Crippen LogP contribution is 2.36. The first-order valence-electron chi connectivity index (χ1n) is 9.00. The summed E-state index contributed by atoms with van der Waals surface area (Å²) in [5, 5.41) is 0. The fourth-order valence-corrected chi connectivity index (χ4v) is 2.90. The van der Waals surface area contributed by atoms with E-state index in [1.807, 2.05) is 0 Å². The standard InChI is InChI=1S/C22H14F4N4O/c23-16-10-13(8-9-15(16)17-11-29-20(27)12-28-17)14-4-1-2-5-18(14)31-21-7-3-6-19(30-21)22(24,25)26/h1-12H,(H2,27,29). The fourth-order valence-electron chi connectivity index (χ4n) is 2.90. The van der Waals surface area contributed by atoms with Crippen molar-refractivity contribution < 1.29 is 22.3 Å². The van der Waals surface area contributed by atoms with Crippen molar-refractivity contribution in [2.75, 3.05) is 5.73 Å². The molecular weight excluding hydrogens is 412 g/mol. The van der Waals surface area contributed by atoms with Gasteiger partial charge in [0.1, 0.15) is 23.1 Å². The minimum Gasteiger partial charge on any atom is -0.438 e. The zero-order valence-corrected chi connectivity index (χ0v) is 15.8. The van der Waals surface area contributed by atoms with Crippen LogP contribution in [-0.2, 0) is 6.18 Å². The smallest absolute Gasteiger partial charge is 0.433 e. The molecule has 2 aromatic heterocycles. The van der Waals surface area contributed by atoms with Gasteiger partial charge in [-0.3, -0.25) is 4.98 Å². The molecule has 9 heteroatoms. The predicted octanol–water partition coefficient (Wildman–Crippen LogP) is 5.74. The second-order valence-corrected chi connectivity index (χ2v) is 6.48. The number of benzene rings is 2. The van der Waals surface area contributed by atoms with E-state index in [1.165, 1.54) is 36.7 Å². The number of nitrogens with two attached hydrogens (primary N) is 1. The highest BCUT2D eigenvalue weighted by atomic mass is 19.4. The van der Waals surface area contributed by atoms with Crippen molar-refractivity contribution in [3.63, 3.8) is 0 Å². The van der Waals surface area contributed by atoms with E-state index < -0.39 is 17.7 Å². The number of ether oxygens (including phenoxy) is 1. The summed E-state index contributed by atoms with van der Waals surface area (Å²) in [6, 6.07) is 14.4. The third kappa shape index (κ3) is 4.45. The van der Waals surface area contributed by atoms with Gasteiger partial charge in [0.25, 0.3) is 0 Å². The van der Waals surface area contributed by atoms with Gasteiger partial charge in [-0.05, 0) is 29.8 Å². The molecular formula is C22H14F4N4O. The highest BCUT2D eigenvalue weighted by Gasteiger charge is 2.32. The lowest BCUT2D eigenvalue weighted by molar-refractivity contribution is -0.141. The average molecular weight is 426 g/mol. The minimum atomic E-state index is -4.59. The molecule has 31 heavy (non-hydrogen) atoms. The first-order chi connectivity index (χ1) is 14.8. The molecule has 0 aliphatic rings. The van der Waals surface area contributed by atoms with Crippen molar-refractivity contribution in [1.82, 2.24) is 15.0 Å². The molecule has 2 N–H and O–H groups in total. The Balaban J connectivity index is 1.68.